The van der Waals surface area contributed by atoms with Crippen LogP contribution in [0.1, 0.15) is 25.0 Å². The number of phenolic OH excluding ortho intramolecular Hbond substituents is 1. The van der Waals surface area contributed by atoms with E-state index in [0.29, 0.717) is 28.2 Å². The largest absolute Gasteiger partial charge is 0.508 e. The first-order valence-electron chi connectivity index (χ1n) is 10.1. The topological polar surface area (TPSA) is 35.8 Å². The van der Waals surface area contributed by atoms with Crippen LogP contribution < -0.4 is 0 Å². The molecular weight excluding hydrogens is 447 g/mol. The van der Waals surface area contributed by atoms with E-state index in [1.165, 1.54) is 5.56 Å². The number of nitrogens with zero attached hydrogens (tertiary/aromatic N) is 2. The minimum Gasteiger partial charge on any atom is -0.508 e. The van der Waals surface area contributed by atoms with E-state index in [2.05, 4.69) is 49.9 Å². The predicted octanol–water partition coefficient (Wildman–Crippen LogP) is 7.95. The standard InChI is InChI=1S/C25H26Cl2N2OS/c1-17(2)15-29(16-19-6-8-23(30)9-7-19)25(31-24-10-4-18(3)5-11-24)28-22-13-20(26)12-21(27)14-22/h4-14,17,30H,15-16H2,1-3H3. The molecule has 1 N–H and O–H groups in total. The number of aryl methyl sites for hydroxylation is 1. The molecule has 3 nitrogen and oxygen atoms in total. The summed E-state index contributed by atoms with van der Waals surface area (Å²) in [6, 6.07) is 21.0. The van der Waals surface area contributed by atoms with Gasteiger partial charge in [0.1, 0.15) is 5.75 Å². The minimum atomic E-state index is 0.260. The van der Waals surface area contributed by atoms with Gasteiger partial charge in [-0.05, 0) is 60.9 Å². The number of rotatable bonds is 6. The normalized spacial score (nSPS) is 11.7. The maximum atomic E-state index is 9.64. The summed E-state index contributed by atoms with van der Waals surface area (Å²) in [7, 11) is 0. The zero-order chi connectivity index (χ0) is 22.4. The van der Waals surface area contributed by atoms with E-state index >= 15 is 0 Å². The smallest absolute Gasteiger partial charge is 0.169 e. The number of thioether (sulfide) groups is 1. The van der Waals surface area contributed by atoms with E-state index in [0.717, 1.165) is 22.2 Å². The van der Waals surface area contributed by atoms with Gasteiger partial charge in [-0.2, -0.15) is 0 Å². The van der Waals surface area contributed by atoms with Crippen LogP contribution in [0.3, 0.4) is 0 Å². The molecule has 3 aromatic rings. The molecule has 0 amide bonds. The zero-order valence-corrected chi connectivity index (χ0v) is 20.2. The fourth-order valence-electron chi connectivity index (χ4n) is 3.06. The molecule has 0 heterocycles. The highest BCUT2D eigenvalue weighted by atomic mass is 35.5. The molecule has 0 bridgehead atoms. The van der Waals surface area contributed by atoms with Crippen molar-refractivity contribution in [1.82, 2.24) is 4.90 Å². The molecule has 0 aromatic heterocycles. The quantitative estimate of drug-likeness (QED) is 0.224. The molecule has 0 radical (unpaired) electrons. The van der Waals surface area contributed by atoms with E-state index in [1.807, 2.05) is 24.3 Å². The summed E-state index contributed by atoms with van der Waals surface area (Å²) in [5.41, 5.74) is 3.03. The highest BCUT2D eigenvalue weighted by molar-refractivity contribution is 8.13. The lowest BCUT2D eigenvalue weighted by atomic mass is 10.1. The molecule has 31 heavy (non-hydrogen) atoms. The maximum Gasteiger partial charge on any atom is 0.169 e. The summed E-state index contributed by atoms with van der Waals surface area (Å²) in [5, 5.41) is 11.6. The van der Waals surface area contributed by atoms with Crippen molar-refractivity contribution in [3.63, 3.8) is 0 Å². The second-order valence-corrected chi connectivity index (χ2v) is 9.79. The summed E-state index contributed by atoms with van der Waals surface area (Å²) in [4.78, 5) is 8.32. The van der Waals surface area contributed by atoms with Gasteiger partial charge in [0.25, 0.3) is 0 Å². The zero-order valence-electron chi connectivity index (χ0n) is 17.8. The first-order valence-corrected chi connectivity index (χ1v) is 11.7. The number of hydrogen-bond donors (Lipinski definition) is 1. The Morgan fingerprint density at radius 2 is 1.58 bits per heavy atom. The average molecular weight is 473 g/mol. The summed E-state index contributed by atoms with van der Waals surface area (Å²) < 4.78 is 0. The molecule has 0 unspecified atom stereocenters. The highest BCUT2D eigenvalue weighted by Gasteiger charge is 2.16. The van der Waals surface area contributed by atoms with Crippen molar-refractivity contribution in [2.45, 2.75) is 32.2 Å². The summed E-state index contributed by atoms with van der Waals surface area (Å²) >= 11 is 14.1. The Morgan fingerprint density at radius 1 is 0.968 bits per heavy atom. The third-order valence-corrected chi connectivity index (χ3v) is 5.94. The lowest BCUT2D eigenvalue weighted by Gasteiger charge is -2.28. The Hall–Kier alpha value is -2.14. The van der Waals surface area contributed by atoms with Crippen LogP contribution in [0, 0.1) is 12.8 Å². The monoisotopic (exact) mass is 472 g/mol. The van der Waals surface area contributed by atoms with Gasteiger partial charge in [-0.3, -0.25) is 0 Å². The van der Waals surface area contributed by atoms with E-state index in [-0.39, 0.29) is 5.75 Å². The Morgan fingerprint density at radius 3 is 2.16 bits per heavy atom. The van der Waals surface area contributed by atoms with Crippen molar-refractivity contribution >= 4 is 45.8 Å². The van der Waals surface area contributed by atoms with Crippen LogP contribution in [-0.4, -0.2) is 21.7 Å². The van der Waals surface area contributed by atoms with Gasteiger partial charge >= 0.3 is 0 Å². The second-order valence-electron chi connectivity index (χ2n) is 7.88. The third kappa shape index (κ3) is 7.49. The average Bonchev–Trinajstić information content (AvgIpc) is 2.69. The lowest BCUT2D eigenvalue weighted by Crippen LogP contribution is -2.32. The van der Waals surface area contributed by atoms with E-state index in [4.69, 9.17) is 28.2 Å². The molecule has 162 valence electrons. The molecule has 0 spiro atoms. The van der Waals surface area contributed by atoms with E-state index in [9.17, 15) is 5.11 Å². The maximum absolute atomic E-state index is 9.64. The fourth-order valence-corrected chi connectivity index (χ4v) is 4.47. The number of hydrogen-bond acceptors (Lipinski definition) is 3. The Kier molecular flexibility index (Phi) is 8.30. The molecule has 3 aromatic carbocycles. The van der Waals surface area contributed by atoms with Crippen LogP contribution in [0.25, 0.3) is 0 Å². The van der Waals surface area contributed by atoms with Crippen molar-refractivity contribution in [2.75, 3.05) is 6.54 Å². The van der Waals surface area contributed by atoms with Crippen LogP contribution in [0.2, 0.25) is 10.0 Å². The van der Waals surface area contributed by atoms with Crippen molar-refractivity contribution in [3.05, 3.63) is 87.9 Å². The first-order chi connectivity index (χ1) is 14.8. The SMILES string of the molecule is Cc1ccc(SC(=Nc2cc(Cl)cc(Cl)c2)N(Cc2ccc(O)cc2)CC(C)C)cc1. The van der Waals surface area contributed by atoms with Crippen LogP contribution in [-0.2, 0) is 6.54 Å². The number of halogens is 2. The van der Waals surface area contributed by atoms with Crippen molar-refractivity contribution in [1.29, 1.82) is 0 Å². The second kappa shape index (κ2) is 10.9. The molecular formula is C25H26Cl2N2OS. The molecule has 6 heteroatoms. The fraction of sp³-hybridized carbons (Fsp3) is 0.240. The number of phenols is 1. The van der Waals surface area contributed by atoms with Gasteiger partial charge in [0, 0.05) is 28.0 Å². The van der Waals surface area contributed by atoms with Crippen LogP contribution >= 0.6 is 35.0 Å². The molecule has 0 aliphatic rings. The number of aromatic hydroxyl groups is 1. The molecule has 0 saturated heterocycles. The van der Waals surface area contributed by atoms with Crippen LogP contribution in [0.5, 0.6) is 5.75 Å². The van der Waals surface area contributed by atoms with E-state index in [1.54, 1.807) is 30.0 Å². The van der Waals surface area contributed by atoms with Gasteiger partial charge < -0.3 is 10.0 Å². The number of amidine groups is 1. The van der Waals surface area contributed by atoms with Crippen LogP contribution in [0.4, 0.5) is 5.69 Å². The summed E-state index contributed by atoms with van der Waals surface area (Å²) in [6.07, 6.45) is 0. The molecule has 0 saturated carbocycles. The van der Waals surface area contributed by atoms with Crippen molar-refractivity contribution in [2.24, 2.45) is 10.9 Å². The van der Waals surface area contributed by atoms with E-state index < -0.39 is 0 Å². The van der Waals surface area contributed by atoms with Gasteiger partial charge in [0.2, 0.25) is 0 Å². The van der Waals surface area contributed by atoms with Gasteiger partial charge in [0.05, 0.1) is 5.69 Å². The Labute approximate surface area is 198 Å². The highest BCUT2D eigenvalue weighted by Crippen LogP contribution is 2.30. The first kappa shape index (κ1) is 23.5. The van der Waals surface area contributed by atoms with Crippen molar-refractivity contribution < 1.29 is 5.11 Å². The Bertz CT molecular complexity index is 1010. The van der Waals surface area contributed by atoms with Crippen molar-refractivity contribution in [3.8, 4) is 5.75 Å². The minimum absolute atomic E-state index is 0.260. The van der Waals surface area contributed by atoms with Gasteiger partial charge in [-0.15, -0.1) is 0 Å². The van der Waals surface area contributed by atoms with Gasteiger partial charge in [-0.25, -0.2) is 4.99 Å². The summed E-state index contributed by atoms with van der Waals surface area (Å²) in [6.45, 7) is 7.95. The van der Waals surface area contributed by atoms with Gasteiger partial charge in [-0.1, -0.05) is 78.6 Å². The number of aliphatic imine (C=N–C) groups is 1. The number of benzene rings is 3. The summed E-state index contributed by atoms with van der Waals surface area (Å²) in [5.74, 6) is 0.694. The molecule has 0 atom stereocenters. The molecule has 0 aliphatic heterocycles. The molecule has 0 fully saturated rings. The van der Waals surface area contributed by atoms with Gasteiger partial charge in [0.15, 0.2) is 5.17 Å². The third-order valence-electron chi connectivity index (χ3n) is 4.47. The van der Waals surface area contributed by atoms with Crippen LogP contribution in [0.15, 0.2) is 76.6 Å². The predicted molar refractivity (Wildman–Crippen MR) is 134 cm³/mol. The molecule has 3 rings (SSSR count). The molecule has 0 aliphatic carbocycles. The Balaban J connectivity index is 2.01. The lowest BCUT2D eigenvalue weighted by molar-refractivity contribution is 0.365.